The minimum Gasteiger partial charge on any atom is -0.461 e. The summed E-state index contributed by atoms with van der Waals surface area (Å²) in [6.45, 7) is 2.76. The second-order valence-electron chi connectivity index (χ2n) is 13.9. The summed E-state index contributed by atoms with van der Waals surface area (Å²) in [5.41, 5.74) is 5.82. The van der Waals surface area contributed by atoms with Crippen LogP contribution in [0.3, 0.4) is 0 Å². The molecule has 6 atom stereocenters. The Morgan fingerprint density at radius 1 is 1.17 bits per heavy atom. The Kier molecular flexibility index (Phi) is 6.25. The number of terminal acetylenes is 1. The topological polar surface area (TPSA) is 89.6 Å². The number of aromatic nitrogens is 3. The lowest BCUT2D eigenvalue weighted by Gasteiger charge is -2.31. The standard InChI is InChI=1S/C35H32F4N6O2/c1-2-20-24(36)5-4-18-10-19(40)11-21(26(18)20)29-28(39)30-22(13-41-29)32(45-8-9-46-14-23-27(38)31(23)45)43-33(42-30)47-17-35-6-3-7-44(35)16-34(15-35)12-25(34)37/h1,4-5,10-11,13,23,25,27,31H,3,6-9,12,14-17,40H2/t23-,25-,27-,31-,34+,35-/m0/s1. The molecule has 5 fully saturated rings. The van der Waals surface area contributed by atoms with Crippen LogP contribution in [0.1, 0.15) is 31.2 Å². The second kappa shape index (κ2) is 10.1. The van der Waals surface area contributed by atoms with Gasteiger partial charge in [0.1, 0.15) is 41.8 Å². The van der Waals surface area contributed by atoms with Gasteiger partial charge in [0.05, 0.1) is 35.7 Å². The van der Waals surface area contributed by atoms with E-state index >= 15 is 4.39 Å². The molecular weight excluding hydrogens is 612 g/mol. The number of nitrogens with two attached hydrogens (primary N) is 1. The van der Waals surface area contributed by atoms with Crippen LogP contribution < -0.4 is 15.4 Å². The third-order valence-electron chi connectivity index (χ3n) is 11.1. The van der Waals surface area contributed by atoms with Crippen molar-refractivity contribution >= 4 is 33.2 Å². The first-order valence-corrected chi connectivity index (χ1v) is 16.1. The SMILES string of the molecule is C#Cc1c(F)ccc2cc(N)cc(-c3ncc4c(N5CCOC[C@H]6[C@H](F)[C@H]65)nc(OC[C@@]56CCCN5C[C@@]5(C[C@@H]5F)C6)nc4c3F)c12. The van der Waals surface area contributed by atoms with Crippen LogP contribution in [0, 0.1) is 35.3 Å². The minimum atomic E-state index is -1.12. The number of hydrogen-bond acceptors (Lipinski definition) is 8. The number of ether oxygens (including phenoxy) is 2. The Morgan fingerprint density at radius 3 is 2.83 bits per heavy atom. The van der Waals surface area contributed by atoms with E-state index in [1.54, 1.807) is 11.0 Å². The number of nitrogen functional groups attached to an aromatic ring is 1. The predicted molar refractivity (Wildman–Crippen MR) is 168 cm³/mol. The molecule has 1 spiro atoms. The van der Waals surface area contributed by atoms with E-state index in [0.29, 0.717) is 54.8 Å². The van der Waals surface area contributed by atoms with Gasteiger partial charge in [-0.3, -0.25) is 9.88 Å². The van der Waals surface area contributed by atoms with E-state index in [1.807, 2.05) is 0 Å². The first kappa shape index (κ1) is 29.0. The van der Waals surface area contributed by atoms with Crippen LogP contribution in [0.15, 0.2) is 30.5 Å². The van der Waals surface area contributed by atoms with E-state index in [9.17, 15) is 13.2 Å². The van der Waals surface area contributed by atoms with Crippen LogP contribution in [0.5, 0.6) is 6.01 Å². The summed E-state index contributed by atoms with van der Waals surface area (Å²) >= 11 is 0. The first-order chi connectivity index (χ1) is 22.7. The zero-order chi connectivity index (χ0) is 32.2. The van der Waals surface area contributed by atoms with Crippen molar-refractivity contribution in [1.29, 1.82) is 0 Å². The highest BCUT2D eigenvalue weighted by atomic mass is 19.1. The van der Waals surface area contributed by atoms with Gasteiger partial charge in [0.15, 0.2) is 5.82 Å². The van der Waals surface area contributed by atoms with Crippen LogP contribution >= 0.6 is 0 Å². The van der Waals surface area contributed by atoms with Gasteiger partial charge in [0, 0.05) is 47.3 Å². The van der Waals surface area contributed by atoms with Gasteiger partial charge < -0.3 is 20.1 Å². The fraction of sp³-hybridized carbons (Fsp3) is 0.457. The molecule has 9 rings (SSSR count). The van der Waals surface area contributed by atoms with Gasteiger partial charge in [-0.15, -0.1) is 6.42 Å². The number of anilines is 2. The van der Waals surface area contributed by atoms with Crippen LogP contribution in [0.4, 0.5) is 29.1 Å². The van der Waals surface area contributed by atoms with Crippen LogP contribution in [-0.2, 0) is 4.74 Å². The van der Waals surface area contributed by atoms with Crippen LogP contribution in [-0.4, -0.2) is 83.2 Å². The normalized spacial score (nSPS) is 31.2. The van der Waals surface area contributed by atoms with Crippen molar-refractivity contribution in [3.8, 4) is 29.6 Å². The molecule has 3 aliphatic heterocycles. The fourth-order valence-electron chi connectivity index (χ4n) is 8.56. The van der Waals surface area contributed by atoms with E-state index in [2.05, 4.69) is 20.8 Å². The summed E-state index contributed by atoms with van der Waals surface area (Å²) in [5.74, 6) is 0.926. The summed E-state index contributed by atoms with van der Waals surface area (Å²) in [5, 5.41) is 1.10. The Labute approximate surface area is 268 Å². The van der Waals surface area contributed by atoms with Crippen LogP contribution in [0.25, 0.3) is 32.9 Å². The second-order valence-corrected chi connectivity index (χ2v) is 13.9. The molecule has 8 nitrogen and oxygen atoms in total. The first-order valence-electron chi connectivity index (χ1n) is 16.1. The van der Waals surface area contributed by atoms with Gasteiger partial charge in [-0.2, -0.15) is 9.97 Å². The molecule has 12 heteroatoms. The Hall–Kier alpha value is -4.21. The zero-order valence-electron chi connectivity index (χ0n) is 25.5. The average molecular weight is 645 g/mol. The Morgan fingerprint density at radius 2 is 2.02 bits per heavy atom. The maximum absolute atomic E-state index is 16.9. The molecule has 0 bridgehead atoms. The van der Waals surface area contributed by atoms with E-state index in [1.165, 1.54) is 24.4 Å². The van der Waals surface area contributed by atoms with E-state index in [4.69, 9.17) is 26.6 Å². The molecule has 2 aromatic heterocycles. The predicted octanol–water partition coefficient (Wildman–Crippen LogP) is 5.21. The van der Waals surface area contributed by atoms with Crippen molar-refractivity contribution < 1.29 is 27.0 Å². The van der Waals surface area contributed by atoms with E-state index < -0.39 is 30.0 Å². The number of benzene rings is 2. The molecule has 4 aromatic rings. The number of rotatable bonds is 5. The molecule has 47 heavy (non-hydrogen) atoms. The quantitative estimate of drug-likeness (QED) is 0.180. The van der Waals surface area contributed by atoms with Crippen molar-refractivity contribution in [1.82, 2.24) is 19.9 Å². The molecule has 2 aliphatic carbocycles. The molecule has 0 amide bonds. The molecule has 5 aliphatic rings. The number of hydrogen-bond donors (Lipinski definition) is 1. The fourth-order valence-corrected chi connectivity index (χ4v) is 8.56. The molecule has 2 saturated carbocycles. The maximum Gasteiger partial charge on any atom is 0.319 e. The number of nitrogens with zero attached hydrogens (tertiary/aromatic N) is 5. The molecule has 242 valence electrons. The third-order valence-corrected chi connectivity index (χ3v) is 11.1. The lowest BCUT2D eigenvalue weighted by Crippen LogP contribution is -2.43. The van der Waals surface area contributed by atoms with Crippen molar-refractivity contribution in [2.24, 2.45) is 11.3 Å². The average Bonchev–Trinajstić information content (AvgIpc) is 3.81. The Bertz CT molecular complexity index is 2020. The van der Waals surface area contributed by atoms with Crippen molar-refractivity contribution in [3.05, 3.63) is 47.7 Å². The molecular formula is C35H32F4N6O2. The molecule has 3 saturated heterocycles. The lowest BCUT2D eigenvalue weighted by atomic mass is 9.89. The largest absolute Gasteiger partial charge is 0.461 e. The Balaban J connectivity index is 1.18. The van der Waals surface area contributed by atoms with Crippen molar-refractivity contribution in [3.63, 3.8) is 0 Å². The summed E-state index contributed by atoms with van der Waals surface area (Å²) in [6.07, 6.45) is 8.32. The molecule has 5 heterocycles. The molecule has 0 unspecified atom stereocenters. The molecule has 2 aromatic carbocycles. The van der Waals surface area contributed by atoms with Gasteiger partial charge in [-0.25, -0.2) is 17.6 Å². The third kappa shape index (κ3) is 4.32. The highest BCUT2D eigenvalue weighted by Gasteiger charge is 2.67. The summed E-state index contributed by atoms with van der Waals surface area (Å²) < 4.78 is 73.1. The van der Waals surface area contributed by atoms with Gasteiger partial charge in [0.25, 0.3) is 0 Å². The number of alkyl halides is 2. The number of halogens is 4. The number of pyridine rings is 1. The highest BCUT2D eigenvalue weighted by Crippen LogP contribution is 2.62. The lowest BCUT2D eigenvalue weighted by molar-refractivity contribution is 0.107. The van der Waals surface area contributed by atoms with Gasteiger partial charge in [-0.05, 0) is 55.8 Å². The molecule has 2 N–H and O–H groups in total. The van der Waals surface area contributed by atoms with Crippen LogP contribution in [0.2, 0.25) is 0 Å². The van der Waals surface area contributed by atoms with Gasteiger partial charge in [-0.1, -0.05) is 12.0 Å². The smallest absolute Gasteiger partial charge is 0.319 e. The van der Waals surface area contributed by atoms with E-state index in [0.717, 1.165) is 19.4 Å². The maximum atomic E-state index is 16.9. The zero-order valence-corrected chi connectivity index (χ0v) is 25.5. The monoisotopic (exact) mass is 644 g/mol. The van der Waals surface area contributed by atoms with E-state index in [-0.39, 0.29) is 63.8 Å². The van der Waals surface area contributed by atoms with Gasteiger partial charge >= 0.3 is 6.01 Å². The molecule has 0 radical (unpaired) electrons. The summed E-state index contributed by atoms with van der Waals surface area (Å²) in [6, 6.07) is 5.37. The summed E-state index contributed by atoms with van der Waals surface area (Å²) in [7, 11) is 0. The van der Waals surface area contributed by atoms with Crippen molar-refractivity contribution in [2.45, 2.75) is 49.6 Å². The van der Waals surface area contributed by atoms with Gasteiger partial charge in [0.2, 0.25) is 0 Å². The number of fused-ring (bicyclic) bond motifs is 4. The van der Waals surface area contributed by atoms with Crippen molar-refractivity contribution in [2.75, 3.05) is 50.1 Å². The summed E-state index contributed by atoms with van der Waals surface area (Å²) in [4.78, 5) is 17.9. The minimum absolute atomic E-state index is 0.0367. The highest BCUT2D eigenvalue weighted by molar-refractivity contribution is 6.03.